The van der Waals surface area contributed by atoms with Gasteiger partial charge in [-0.05, 0) is 26.8 Å². The van der Waals surface area contributed by atoms with Crippen molar-refractivity contribution in [1.29, 1.82) is 0 Å². The van der Waals surface area contributed by atoms with Crippen molar-refractivity contribution in [2.45, 2.75) is 25.5 Å². The number of nitrogens with zero attached hydrogens (tertiary/aromatic N) is 3. The van der Waals surface area contributed by atoms with Gasteiger partial charge in [-0.15, -0.1) is 0 Å². The Balaban J connectivity index is 2.53. The van der Waals surface area contributed by atoms with E-state index in [9.17, 15) is 4.21 Å². The number of methoxy groups -OCH3 is 1. The zero-order valence-corrected chi connectivity index (χ0v) is 13.8. The number of halogens is 1. The van der Waals surface area contributed by atoms with E-state index < -0.39 is 15.7 Å². The van der Waals surface area contributed by atoms with Crippen LogP contribution in [0, 0.1) is 0 Å². The Labute approximate surface area is 131 Å². The first-order chi connectivity index (χ1) is 9.82. The number of pyridine rings is 2. The normalized spacial score (nSPS) is 13.8. The van der Waals surface area contributed by atoms with E-state index >= 15 is 0 Å². The summed E-state index contributed by atoms with van der Waals surface area (Å²) in [6.07, 6.45) is 4.76. The van der Waals surface area contributed by atoms with E-state index in [-0.39, 0.29) is 0 Å². The molecule has 0 fully saturated rings. The maximum Gasteiger partial charge on any atom is 0.222 e. The van der Waals surface area contributed by atoms with Crippen LogP contribution in [0.15, 0.2) is 22.9 Å². The van der Waals surface area contributed by atoms with Crippen LogP contribution < -0.4 is 4.74 Å². The standard InChI is InChI=1S/C14H16ClN3O2S/c1-14(2,3)21(19)18-7-9-6-17-13(20-4)11-8-16-12(15)5-10(9)11/h5-8H,1-4H3/b18-7+/t21-/m0/s1. The summed E-state index contributed by atoms with van der Waals surface area (Å²) in [4.78, 5) is 8.23. The summed E-state index contributed by atoms with van der Waals surface area (Å²) < 4.78 is 20.9. The molecule has 21 heavy (non-hydrogen) atoms. The fraction of sp³-hybridized carbons (Fsp3) is 0.357. The monoisotopic (exact) mass is 325 g/mol. The minimum atomic E-state index is -1.33. The summed E-state index contributed by atoms with van der Waals surface area (Å²) in [6, 6.07) is 1.71. The molecule has 2 rings (SSSR count). The first-order valence-electron chi connectivity index (χ1n) is 6.27. The molecule has 0 bridgehead atoms. The van der Waals surface area contributed by atoms with Gasteiger partial charge in [0, 0.05) is 29.6 Å². The number of hydrogen-bond acceptors (Lipinski definition) is 4. The summed E-state index contributed by atoms with van der Waals surface area (Å²) in [5, 5.41) is 1.89. The number of fused-ring (bicyclic) bond motifs is 1. The third-order valence-corrected chi connectivity index (χ3v) is 4.29. The Hall–Kier alpha value is -1.53. The zero-order chi connectivity index (χ0) is 15.6. The van der Waals surface area contributed by atoms with E-state index in [1.54, 1.807) is 31.8 Å². The second-order valence-corrected chi connectivity index (χ2v) is 7.69. The van der Waals surface area contributed by atoms with Crippen molar-refractivity contribution < 1.29 is 8.95 Å². The van der Waals surface area contributed by atoms with Crippen LogP contribution in [-0.4, -0.2) is 32.2 Å². The van der Waals surface area contributed by atoms with Gasteiger partial charge in [-0.2, -0.15) is 4.40 Å². The summed E-state index contributed by atoms with van der Waals surface area (Å²) >= 11 is 5.94. The molecule has 0 saturated carbocycles. The Bertz CT molecular complexity index is 726. The molecule has 0 aromatic carbocycles. The highest BCUT2D eigenvalue weighted by molar-refractivity contribution is 7.85. The first-order valence-corrected chi connectivity index (χ1v) is 7.75. The molecule has 0 saturated heterocycles. The van der Waals surface area contributed by atoms with E-state index in [0.29, 0.717) is 16.6 Å². The maximum atomic E-state index is 12.0. The van der Waals surface area contributed by atoms with Crippen LogP contribution in [0.4, 0.5) is 0 Å². The van der Waals surface area contributed by atoms with Crippen LogP contribution >= 0.6 is 11.6 Å². The number of ether oxygens (including phenoxy) is 1. The molecular formula is C14H16ClN3O2S. The van der Waals surface area contributed by atoms with E-state index in [4.69, 9.17) is 16.3 Å². The van der Waals surface area contributed by atoms with Crippen LogP contribution in [0.3, 0.4) is 0 Å². The van der Waals surface area contributed by atoms with Crippen LogP contribution in [0.2, 0.25) is 5.15 Å². The van der Waals surface area contributed by atoms with Crippen LogP contribution in [0.1, 0.15) is 26.3 Å². The van der Waals surface area contributed by atoms with E-state index in [1.165, 1.54) is 0 Å². The molecule has 2 aromatic rings. The highest BCUT2D eigenvalue weighted by Gasteiger charge is 2.18. The van der Waals surface area contributed by atoms with Gasteiger partial charge in [-0.3, -0.25) is 0 Å². The van der Waals surface area contributed by atoms with Gasteiger partial charge in [0.05, 0.1) is 17.2 Å². The molecule has 1 atom stereocenters. The lowest BCUT2D eigenvalue weighted by atomic mass is 10.1. The molecule has 0 spiro atoms. The van der Waals surface area contributed by atoms with Gasteiger partial charge in [0.25, 0.3) is 0 Å². The summed E-state index contributed by atoms with van der Waals surface area (Å²) in [6.45, 7) is 5.60. The van der Waals surface area contributed by atoms with Crippen molar-refractivity contribution >= 4 is 39.6 Å². The quantitative estimate of drug-likeness (QED) is 0.642. The Morgan fingerprint density at radius 2 is 2.00 bits per heavy atom. The first kappa shape index (κ1) is 15.9. The van der Waals surface area contributed by atoms with Gasteiger partial charge >= 0.3 is 0 Å². The average Bonchev–Trinajstić information content (AvgIpc) is 2.43. The van der Waals surface area contributed by atoms with Gasteiger partial charge in [0.2, 0.25) is 5.88 Å². The van der Waals surface area contributed by atoms with Crippen molar-refractivity contribution in [2.75, 3.05) is 7.11 Å². The summed E-state index contributed by atoms with van der Waals surface area (Å²) in [5.41, 5.74) is 0.715. The lowest BCUT2D eigenvalue weighted by Crippen LogP contribution is -2.19. The molecule has 0 N–H and O–H groups in total. The molecule has 112 valence electrons. The van der Waals surface area contributed by atoms with Gasteiger partial charge in [-0.25, -0.2) is 14.2 Å². The highest BCUT2D eigenvalue weighted by atomic mass is 35.5. The average molecular weight is 326 g/mol. The predicted molar refractivity (Wildman–Crippen MR) is 86.6 cm³/mol. The van der Waals surface area contributed by atoms with Gasteiger partial charge in [0.1, 0.15) is 16.1 Å². The lowest BCUT2D eigenvalue weighted by Gasteiger charge is -2.13. The SMILES string of the molecule is COc1ncc(/C=N/[S@@](=O)C(C)(C)C)c2cc(Cl)ncc12. The minimum Gasteiger partial charge on any atom is -0.481 e. The smallest absolute Gasteiger partial charge is 0.222 e. The molecule has 0 aliphatic heterocycles. The molecule has 0 radical (unpaired) electrons. The van der Waals surface area contributed by atoms with Crippen molar-refractivity contribution in [3.63, 3.8) is 0 Å². The summed E-state index contributed by atoms with van der Waals surface area (Å²) in [7, 11) is 0.209. The third-order valence-electron chi connectivity index (χ3n) is 2.74. The number of hydrogen-bond donors (Lipinski definition) is 0. The van der Waals surface area contributed by atoms with Crippen molar-refractivity contribution in [3.05, 3.63) is 29.2 Å². The molecule has 5 nitrogen and oxygen atoms in total. The number of aromatic nitrogens is 2. The molecule has 2 aromatic heterocycles. The van der Waals surface area contributed by atoms with Gasteiger partial charge in [0.15, 0.2) is 0 Å². The van der Waals surface area contributed by atoms with Gasteiger partial charge in [-0.1, -0.05) is 11.6 Å². The molecule has 7 heteroatoms. The van der Waals surface area contributed by atoms with Crippen molar-refractivity contribution in [1.82, 2.24) is 9.97 Å². The number of rotatable bonds is 3. The second kappa shape index (κ2) is 6.07. The van der Waals surface area contributed by atoms with E-state index in [0.717, 1.165) is 10.8 Å². The Morgan fingerprint density at radius 3 is 2.62 bits per heavy atom. The highest BCUT2D eigenvalue weighted by Crippen LogP contribution is 2.26. The van der Waals surface area contributed by atoms with Gasteiger partial charge < -0.3 is 4.74 Å². The Morgan fingerprint density at radius 1 is 1.29 bits per heavy atom. The second-order valence-electron chi connectivity index (χ2n) is 5.37. The third kappa shape index (κ3) is 3.57. The lowest BCUT2D eigenvalue weighted by molar-refractivity contribution is 0.403. The minimum absolute atomic E-state index is 0.363. The molecule has 0 amide bonds. The van der Waals surface area contributed by atoms with E-state index in [2.05, 4.69) is 14.4 Å². The van der Waals surface area contributed by atoms with Crippen LogP contribution in [0.5, 0.6) is 5.88 Å². The van der Waals surface area contributed by atoms with Crippen molar-refractivity contribution in [2.24, 2.45) is 4.40 Å². The van der Waals surface area contributed by atoms with Crippen LogP contribution in [0.25, 0.3) is 10.8 Å². The Kier molecular flexibility index (Phi) is 4.58. The van der Waals surface area contributed by atoms with Crippen LogP contribution in [-0.2, 0) is 11.0 Å². The van der Waals surface area contributed by atoms with Crippen molar-refractivity contribution in [3.8, 4) is 5.88 Å². The topological polar surface area (TPSA) is 64.4 Å². The fourth-order valence-corrected chi connectivity index (χ4v) is 2.32. The summed E-state index contributed by atoms with van der Waals surface area (Å²) in [5.74, 6) is 0.461. The zero-order valence-electron chi connectivity index (χ0n) is 12.3. The molecule has 2 heterocycles. The molecule has 0 aliphatic rings. The predicted octanol–water partition coefficient (Wildman–Crippen LogP) is 3.17. The fourth-order valence-electron chi connectivity index (χ4n) is 1.63. The van der Waals surface area contributed by atoms with E-state index in [1.807, 2.05) is 20.8 Å². The maximum absolute atomic E-state index is 12.0. The molecule has 0 aliphatic carbocycles. The molecular weight excluding hydrogens is 310 g/mol. The molecule has 0 unspecified atom stereocenters. The largest absolute Gasteiger partial charge is 0.481 e.